The van der Waals surface area contributed by atoms with Crippen molar-refractivity contribution in [2.24, 2.45) is 0 Å². The Labute approximate surface area is 245 Å². The minimum atomic E-state index is -3.87. The van der Waals surface area contributed by atoms with Crippen LogP contribution in [0.15, 0.2) is 72.8 Å². The number of methoxy groups -OCH3 is 1. The zero-order chi connectivity index (χ0) is 29.4. The summed E-state index contributed by atoms with van der Waals surface area (Å²) in [6.07, 6.45) is 1.24. The summed E-state index contributed by atoms with van der Waals surface area (Å²) in [7, 11) is -2.37. The number of halogens is 2. The standard InChI is InChI=1S/C29H33Cl2N3O5S/c1-20(2)32-29(36)27(17-21-8-6-5-7-9-21)33(18-22-10-15-25(30)26(31)16-22)28(35)19-34(40(4,37)38)23-11-13-24(39-3)14-12-23/h5-16,20,27H,17-19H2,1-4H3,(H,32,36). The van der Waals surface area contributed by atoms with Crippen LogP contribution in [0.1, 0.15) is 25.0 Å². The van der Waals surface area contributed by atoms with E-state index in [9.17, 15) is 18.0 Å². The molecule has 0 aromatic heterocycles. The maximum atomic E-state index is 14.0. The molecule has 214 valence electrons. The van der Waals surface area contributed by atoms with Gasteiger partial charge in [0.25, 0.3) is 0 Å². The van der Waals surface area contributed by atoms with E-state index in [2.05, 4.69) is 5.32 Å². The first-order valence-electron chi connectivity index (χ1n) is 12.6. The van der Waals surface area contributed by atoms with E-state index >= 15 is 0 Å². The monoisotopic (exact) mass is 605 g/mol. The van der Waals surface area contributed by atoms with Crippen molar-refractivity contribution in [3.63, 3.8) is 0 Å². The molecule has 40 heavy (non-hydrogen) atoms. The second kappa shape index (κ2) is 13.9. The molecule has 0 aliphatic heterocycles. The van der Waals surface area contributed by atoms with Crippen molar-refractivity contribution in [2.45, 2.75) is 38.9 Å². The van der Waals surface area contributed by atoms with Gasteiger partial charge in [-0.3, -0.25) is 13.9 Å². The molecule has 3 aromatic rings. The van der Waals surface area contributed by atoms with Crippen LogP contribution < -0.4 is 14.4 Å². The number of anilines is 1. The average Bonchev–Trinajstić information content (AvgIpc) is 2.90. The summed E-state index contributed by atoms with van der Waals surface area (Å²) in [5.74, 6) is -0.382. The number of hydrogen-bond acceptors (Lipinski definition) is 5. The van der Waals surface area contributed by atoms with E-state index in [4.69, 9.17) is 27.9 Å². The predicted octanol–water partition coefficient (Wildman–Crippen LogP) is 4.93. The molecule has 1 atom stereocenters. The normalized spacial score (nSPS) is 12.1. The van der Waals surface area contributed by atoms with Crippen molar-refractivity contribution in [1.82, 2.24) is 10.2 Å². The Bertz CT molecular complexity index is 1420. The molecular formula is C29H33Cl2N3O5S. The maximum absolute atomic E-state index is 14.0. The van der Waals surface area contributed by atoms with Crippen LogP contribution in [-0.4, -0.2) is 57.1 Å². The molecule has 0 spiro atoms. The lowest BCUT2D eigenvalue weighted by atomic mass is 10.0. The Hall–Kier alpha value is -3.27. The van der Waals surface area contributed by atoms with E-state index in [0.717, 1.165) is 16.1 Å². The lowest BCUT2D eigenvalue weighted by molar-refractivity contribution is -0.140. The van der Waals surface area contributed by atoms with E-state index < -0.39 is 28.5 Å². The Balaban J connectivity index is 2.06. The van der Waals surface area contributed by atoms with Gasteiger partial charge in [0.05, 0.1) is 29.1 Å². The number of carbonyl (C=O) groups excluding carboxylic acids is 2. The fraction of sp³-hybridized carbons (Fsp3) is 0.310. The van der Waals surface area contributed by atoms with Crippen LogP contribution in [0.5, 0.6) is 5.75 Å². The van der Waals surface area contributed by atoms with Gasteiger partial charge >= 0.3 is 0 Å². The van der Waals surface area contributed by atoms with Crippen molar-refractivity contribution in [3.8, 4) is 5.75 Å². The number of benzene rings is 3. The number of hydrogen-bond donors (Lipinski definition) is 1. The molecule has 3 rings (SSSR count). The van der Waals surface area contributed by atoms with Gasteiger partial charge in [-0.2, -0.15) is 0 Å². The summed E-state index contributed by atoms with van der Waals surface area (Å²) in [6, 6.07) is 19.5. The summed E-state index contributed by atoms with van der Waals surface area (Å²) in [5, 5.41) is 3.56. The van der Waals surface area contributed by atoms with Gasteiger partial charge in [0.1, 0.15) is 18.3 Å². The summed E-state index contributed by atoms with van der Waals surface area (Å²) < 4.78 is 31.9. The third-order valence-corrected chi connectivity index (χ3v) is 7.96. The summed E-state index contributed by atoms with van der Waals surface area (Å²) >= 11 is 12.4. The highest BCUT2D eigenvalue weighted by atomic mass is 35.5. The van der Waals surface area contributed by atoms with Crippen LogP contribution in [0.4, 0.5) is 5.69 Å². The van der Waals surface area contributed by atoms with Crippen LogP contribution in [0.3, 0.4) is 0 Å². The lowest BCUT2D eigenvalue weighted by Gasteiger charge is -2.34. The molecule has 0 fully saturated rings. The number of rotatable bonds is 12. The summed E-state index contributed by atoms with van der Waals surface area (Å²) in [6.45, 7) is 3.14. The predicted molar refractivity (Wildman–Crippen MR) is 159 cm³/mol. The molecular weight excluding hydrogens is 573 g/mol. The molecule has 0 aliphatic carbocycles. The third kappa shape index (κ3) is 8.61. The molecule has 1 unspecified atom stereocenters. The Kier molecular flexibility index (Phi) is 10.8. The number of carbonyl (C=O) groups is 2. The van der Waals surface area contributed by atoms with Gasteiger partial charge in [0.2, 0.25) is 21.8 Å². The van der Waals surface area contributed by atoms with Gasteiger partial charge < -0.3 is 15.0 Å². The van der Waals surface area contributed by atoms with Gasteiger partial charge in [-0.1, -0.05) is 59.6 Å². The molecule has 1 N–H and O–H groups in total. The van der Waals surface area contributed by atoms with E-state index in [-0.39, 0.29) is 30.6 Å². The molecule has 11 heteroatoms. The van der Waals surface area contributed by atoms with Crippen LogP contribution >= 0.6 is 23.2 Å². The quantitative estimate of drug-likeness (QED) is 0.316. The number of nitrogens with zero attached hydrogens (tertiary/aromatic N) is 2. The van der Waals surface area contributed by atoms with Crippen LogP contribution in [0.25, 0.3) is 0 Å². The molecule has 0 saturated carbocycles. The number of sulfonamides is 1. The largest absolute Gasteiger partial charge is 0.497 e. The highest BCUT2D eigenvalue weighted by Gasteiger charge is 2.33. The average molecular weight is 607 g/mol. The molecule has 0 saturated heterocycles. The zero-order valence-electron chi connectivity index (χ0n) is 22.8. The van der Waals surface area contributed by atoms with Crippen molar-refractivity contribution < 1.29 is 22.7 Å². The Morgan fingerprint density at radius 3 is 2.12 bits per heavy atom. The van der Waals surface area contributed by atoms with Gasteiger partial charge in [-0.25, -0.2) is 8.42 Å². The Morgan fingerprint density at radius 2 is 1.57 bits per heavy atom. The SMILES string of the molecule is COc1ccc(N(CC(=O)N(Cc2ccc(Cl)c(Cl)c2)C(Cc2ccccc2)C(=O)NC(C)C)S(C)(=O)=O)cc1. The van der Waals surface area contributed by atoms with Crippen molar-refractivity contribution >= 4 is 50.7 Å². The number of ether oxygens (including phenoxy) is 1. The van der Waals surface area contributed by atoms with Gasteiger partial charge in [-0.05, 0) is 61.4 Å². The van der Waals surface area contributed by atoms with Crippen molar-refractivity contribution in [3.05, 3.63) is 94.0 Å². The van der Waals surface area contributed by atoms with E-state index in [0.29, 0.717) is 21.4 Å². The highest BCUT2D eigenvalue weighted by molar-refractivity contribution is 7.92. The van der Waals surface area contributed by atoms with Crippen LogP contribution in [0, 0.1) is 0 Å². The molecule has 2 amide bonds. The van der Waals surface area contributed by atoms with E-state index in [1.165, 1.54) is 12.0 Å². The first-order valence-corrected chi connectivity index (χ1v) is 15.2. The second-order valence-corrected chi connectivity index (χ2v) is 12.3. The van der Waals surface area contributed by atoms with Crippen LogP contribution in [0.2, 0.25) is 10.0 Å². The van der Waals surface area contributed by atoms with Gasteiger partial charge in [0.15, 0.2) is 0 Å². The molecule has 0 aliphatic rings. The van der Waals surface area contributed by atoms with Gasteiger partial charge in [0, 0.05) is 19.0 Å². The zero-order valence-corrected chi connectivity index (χ0v) is 25.1. The second-order valence-electron chi connectivity index (χ2n) is 9.61. The van der Waals surface area contributed by atoms with Crippen molar-refractivity contribution in [2.75, 3.05) is 24.2 Å². The third-order valence-electron chi connectivity index (χ3n) is 6.08. The minimum absolute atomic E-state index is 0.00104. The van der Waals surface area contributed by atoms with Crippen molar-refractivity contribution in [1.29, 1.82) is 0 Å². The van der Waals surface area contributed by atoms with Crippen LogP contribution in [-0.2, 0) is 32.6 Å². The molecule has 0 bridgehead atoms. The molecule has 0 radical (unpaired) electrons. The molecule has 3 aromatic carbocycles. The summed E-state index contributed by atoms with van der Waals surface area (Å²) in [5.41, 5.74) is 1.76. The Morgan fingerprint density at radius 1 is 0.925 bits per heavy atom. The minimum Gasteiger partial charge on any atom is -0.497 e. The smallest absolute Gasteiger partial charge is 0.244 e. The molecule has 0 heterocycles. The first kappa shape index (κ1) is 31.3. The lowest BCUT2D eigenvalue weighted by Crippen LogP contribution is -2.54. The maximum Gasteiger partial charge on any atom is 0.244 e. The van der Waals surface area contributed by atoms with Gasteiger partial charge in [-0.15, -0.1) is 0 Å². The van der Waals surface area contributed by atoms with E-state index in [1.807, 2.05) is 44.2 Å². The summed E-state index contributed by atoms with van der Waals surface area (Å²) in [4.78, 5) is 29.0. The number of nitrogens with one attached hydrogen (secondary N) is 1. The highest BCUT2D eigenvalue weighted by Crippen LogP contribution is 2.26. The molecule has 8 nitrogen and oxygen atoms in total. The fourth-order valence-corrected chi connectivity index (χ4v) is 5.30. The fourth-order valence-electron chi connectivity index (χ4n) is 4.13. The number of amides is 2. The van der Waals surface area contributed by atoms with E-state index in [1.54, 1.807) is 42.5 Å². The topological polar surface area (TPSA) is 96.0 Å². The first-order chi connectivity index (χ1) is 18.9.